The Morgan fingerprint density at radius 2 is 1.31 bits per heavy atom. The van der Waals surface area contributed by atoms with Gasteiger partial charge in [0.05, 0.1) is 23.0 Å². The van der Waals surface area contributed by atoms with Crippen LogP contribution in [0, 0.1) is 0 Å². The minimum atomic E-state index is -1.59. The van der Waals surface area contributed by atoms with Crippen LogP contribution in [0.5, 0.6) is 0 Å². The largest absolute Gasteiger partial charge is 0.287 e. The van der Waals surface area contributed by atoms with Crippen LogP contribution in [0.15, 0.2) is 34.1 Å². The smallest absolute Gasteiger partial charge is 0.190 e. The van der Waals surface area contributed by atoms with Crippen molar-refractivity contribution in [2.75, 3.05) is 13.2 Å². The maximum absolute atomic E-state index is 11.7. The second kappa shape index (κ2) is 6.90. The van der Waals surface area contributed by atoms with Crippen molar-refractivity contribution in [3.63, 3.8) is 0 Å². The Bertz CT molecular complexity index is 355. The first-order valence-corrected chi connectivity index (χ1v) is 7.04. The van der Waals surface area contributed by atoms with Gasteiger partial charge in [-0.2, -0.15) is 0 Å². The molecule has 1 rings (SSSR count). The van der Waals surface area contributed by atoms with Crippen LogP contribution >= 0.6 is 0 Å². The highest BCUT2D eigenvalue weighted by Gasteiger charge is 2.15. The summed E-state index contributed by atoms with van der Waals surface area (Å²) in [5.74, 6) is 0. The molecular weight excluding hydrogens is 248 g/mol. The molecule has 16 heavy (non-hydrogen) atoms. The van der Waals surface area contributed by atoms with Crippen LogP contribution in [0.25, 0.3) is 0 Å². The lowest BCUT2D eigenvalue weighted by atomic mass is 10.4. The minimum absolute atomic E-state index is 0.336. The molecule has 2 atom stereocenters. The molecule has 0 radical (unpaired) electrons. The molecule has 4 nitrogen and oxygen atoms in total. The van der Waals surface area contributed by atoms with Crippen LogP contribution in [0.2, 0.25) is 0 Å². The van der Waals surface area contributed by atoms with Crippen LogP contribution in [0.4, 0.5) is 0 Å². The van der Waals surface area contributed by atoms with Gasteiger partial charge in [0.25, 0.3) is 0 Å². The van der Waals surface area contributed by atoms with Crippen molar-refractivity contribution < 1.29 is 16.8 Å². The van der Waals surface area contributed by atoms with Gasteiger partial charge in [0.1, 0.15) is 0 Å². The lowest BCUT2D eigenvalue weighted by Gasteiger charge is -2.07. The van der Waals surface area contributed by atoms with Gasteiger partial charge < -0.3 is 0 Å². The van der Waals surface area contributed by atoms with E-state index < -0.39 is 22.2 Å². The molecule has 2 unspecified atom stereocenters. The molecule has 0 aliphatic carbocycles. The van der Waals surface area contributed by atoms with Gasteiger partial charge >= 0.3 is 0 Å². The van der Waals surface area contributed by atoms with E-state index in [-0.39, 0.29) is 0 Å². The summed E-state index contributed by atoms with van der Waals surface area (Å²) in [6.45, 7) is 4.17. The van der Waals surface area contributed by atoms with Gasteiger partial charge in [-0.15, -0.1) is 0 Å². The molecule has 1 aromatic rings. The Labute approximate surface area is 100 Å². The third kappa shape index (κ3) is 3.48. The average molecular weight is 262 g/mol. The van der Waals surface area contributed by atoms with E-state index in [1.807, 2.05) is 0 Å². The molecule has 0 saturated heterocycles. The molecule has 0 heterocycles. The fraction of sp³-hybridized carbons (Fsp3) is 0.400. The summed E-state index contributed by atoms with van der Waals surface area (Å²) in [7, 11) is 0. The highest BCUT2D eigenvalue weighted by Crippen LogP contribution is 2.19. The molecule has 90 valence electrons. The number of hydrogen-bond acceptors (Lipinski definition) is 4. The number of benzene rings is 1. The van der Waals surface area contributed by atoms with E-state index >= 15 is 0 Å². The maximum Gasteiger partial charge on any atom is 0.190 e. The minimum Gasteiger partial charge on any atom is -0.287 e. The zero-order valence-corrected chi connectivity index (χ0v) is 10.8. The first-order valence-electron chi connectivity index (χ1n) is 4.89. The zero-order chi connectivity index (χ0) is 12.0. The molecule has 0 aliphatic heterocycles. The molecule has 0 aromatic heterocycles. The Balaban J connectivity index is 3.00. The summed E-state index contributed by atoms with van der Waals surface area (Å²) in [5, 5.41) is 0. The van der Waals surface area contributed by atoms with Gasteiger partial charge in [-0.1, -0.05) is 12.1 Å². The molecule has 0 saturated carbocycles. The van der Waals surface area contributed by atoms with Crippen molar-refractivity contribution in [1.82, 2.24) is 0 Å². The summed E-state index contributed by atoms with van der Waals surface area (Å²) in [6, 6.07) is 6.69. The van der Waals surface area contributed by atoms with E-state index in [4.69, 9.17) is 8.37 Å². The molecule has 0 aliphatic rings. The van der Waals surface area contributed by atoms with Crippen LogP contribution < -0.4 is 0 Å². The SMILES string of the molecule is CCOS(=O)c1ccccc1S(=O)OCC. The van der Waals surface area contributed by atoms with E-state index in [1.165, 1.54) is 0 Å². The molecule has 6 heteroatoms. The normalized spacial score (nSPS) is 14.6. The van der Waals surface area contributed by atoms with Gasteiger partial charge in [-0.25, -0.2) is 8.42 Å². The second-order valence-corrected chi connectivity index (χ2v) is 5.02. The highest BCUT2D eigenvalue weighted by molar-refractivity contribution is 7.83. The topological polar surface area (TPSA) is 52.6 Å². The van der Waals surface area contributed by atoms with Crippen molar-refractivity contribution in [2.45, 2.75) is 23.6 Å². The third-order valence-electron chi connectivity index (χ3n) is 1.66. The van der Waals surface area contributed by atoms with Crippen molar-refractivity contribution in [2.24, 2.45) is 0 Å². The monoisotopic (exact) mass is 262 g/mol. The van der Waals surface area contributed by atoms with Crippen molar-refractivity contribution >= 4 is 22.2 Å². The fourth-order valence-electron chi connectivity index (χ4n) is 1.07. The van der Waals surface area contributed by atoms with Gasteiger partial charge in [-0.05, 0) is 26.0 Å². The van der Waals surface area contributed by atoms with Gasteiger partial charge in [-0.3, -0.25) is 8.37 Å². The molecule has 1 aromatic carbocycles. The van der Waals surface area contributed by atoms with E-state index in [0.29, 0.717) is 23.0 Å². The Kier molecular flexibility index (Phi) is 5.83. The first kappa shape index (κ1) is 13.5. The zero-order valence-electron chi connectivity index (χ0n) is 9.17. The van der Waals surface area contributed by atoms with Crippen molar-refractivity contribution in [1.29, 1.82) is 0 Å². The van der Waals surface area contributed by atoms with E-state index in [0.717, 1.165) is 0 Å². The highest BCUT2D eigenvalue weighted by atomic mass is 32.2. The van der Waals surface area contributed by atoms with Gasteiger partial charge in [0.2, 0.25) is 0 Å². The van der Waals surface area contributed by atoms with Crippen molar-refractivity contribution in [3.8, 4) is 0 Å². The molecule has 0 bridgehead atoms. The number of rotatable bonds is 6. The Hall–Kier alpha value is -0.560. The van der Waals surface area contributed by atoms with Crippen LogP contribution in [0.1, 0.15) is 13.8 Å². The predicted octanol–water partition coefficient (Wildman–Crippen LogP) is 1.80. The summed E-state index contributed by atoms with van der Waals surface area (Å²) in [6.07, 6.45) is 0. The van der Waals surface area contributed by atoms with Crippen LogP contribution in [0.3, 0.4) is 0 Å². The molecule has 0 fully saturated rings. The quantitative estimate of drug-likeness (QED) is 0.784. The van der Waals surface area contributed by atoms with Crippen molar-refractivity contribution in [3.05, 3.63) is 24.3 Å². The summed E-state index contributed by atoms with van der Waals surface area (Å²) >= 11 is -3.18. The van der Waals surface area contributed by atoms with E-state index in [2.05, 4.69) is 0 Å². The second-order valence-electron chi connectivity index (χ2n) is 2.73. The average Bonchev–Trinajstić information content (AvgIpc) is 2.30. The summed E-state index contributed by atoms with van der Waals surface area (Å²) in [4.78, 5) is 0.798. The third-order valence-corrected chi connectivity index (χ3v) is 4.12. The molecule has 0 amide bonds. The Morgan fingerprint density at radius 3 is 1.62 bits per heavy atom. The number of hydrogen-bond donors (Lipinski definition) is 0. The van der Waals surface area contributed by atoms with Crippen LogP contribution in [-0.2, 0) is 30.5 Å². The molecular formula is C10H14O4S2. The Morgan fingerprint density at radius 1 is 0.938 bits per heavy atom. The first-order chi connectivity index (χ1) is 7.70. The summed E-state index contributed by atoms with van der Waals surface area (Å²) in [5.41, 5.74) is 0. The fourth-order valence-corrected chi connectivity index (χ4v) is 3.00. The predicted molar refractivity (Wildman–Crippen MR) is 62.5 cm³/mol. The van der Waals surface area contributed by atoms with E-state index in [9.17, 15) is 8.42 Å². The van der Waals surface area contributed by atoms with Crippen LogP contribution in [-0.4, -0.2) is 21.6 Å². The maximum atomic E-state index is 11.7. The lowest BCUT2D eigenvalue weighted by Crippen LogP contribution is -2.05. The standard InChI is InChI=1S/C10H14O4S2/c1-3-13-15(11)9-7-5-6-8-10(9)16(12)14-4-2/h5-8H,3-4H2,1-2H3. The van der Waals surface area contributed by atoms with E-state index in [1.54, 1.807) is 38.1 Å². The lowest BCUT2D eigenvalue weighted by molar-refractivity contribution is 0.364. The summed E-state index contributed by atoms with van der Waals surface area (Å²) < 4.78 is 33.3. The molecule has 0 spiro atoms. The van der Waals surface area contributed by atoms with Gasteiger partial charge in [0, 0.05) is 0 Å². The molecule has 0 N–H and O–H groups in total. The van der Waals surface area contributed by atoms with Gasteiger partial charge in [0.15, 0.2) is 22.2 Å².